The van der Waals surface area contributed by atoms with Crippen LogP contribution >= 0.6 is 0 Å². The van der Waals surface area contributed by atoms with E-state index in [1.165, 1.54) is 16.0 Å². The van der Waals surface area contributed by atoms with Crippen LogP contribution in [-0.4, -0.2) is 51.5 Å². The van der Waals surface area contributed by atoms with Crippen LogP contribution in [0, 0.1) is 0 Å². The van der Waals surface area contributed by atoms with Crippen LogP contribution < -0.4 is 24.6 Å². The van der Waals surface area contributed by atoms with Gasteiger partial charge in [0.25, 0.3) is 5.91 Å². The highest BCUT2D eigenvalue weighted by atomic mass is 16.7. The number of fused-ring (bicyclic) bond motifs is 1. The fourth-order valence-electron chi connectivity index (χ4n) is 4.66. The van der Waals surface area contributed by atoms with Gasteiger partial charge in [-0.2, -0.15) is 0 Å². The first kappa shape index (κ1) is 21.7. The Kier molecular flexibility index (Phi) is 7.10. The maximum atomic E-state index is 12.8. The maximum Gasteiger partial charge on any atom is 0.278 e. The van der Waals surface area contributed by atoms with E-state index >= 15 is 0 Å². The third-order valence-electron chi connectivity index (χ3n) is 6.78. The van der Waals surface area contributed by atoms with Crippen LogP contribution in [0.2, 0.25) is 0 Å². The van der Waals surface area contributed by atoms with Gasteiger partial charge in [-0.25, -0.2) is 0 Å². The summed E-state index contributed by atoms with van der Waals surface area (Å²) in [6, 6.07) is 16.7. The molecule has 6 nitrogen and oxygen atoms in total. The van der Waals surface area contributed by atoms with Gasteiger partial charge in [0.05, 0.1) is 0 Å². The summed E-state index contributed by atoms with van der Waals surface area (Å²) in [7, 11) is 0. The zero-order valence-corrected chi connectivity index (χ0v) is 18.7. The SMILES string of the molecule is CC[C@H](CNC(=O)[C@@H](C)[NH+]1CC[NH+](Cc2ccc3c(c2)OCO3)CC1)c1ccccc1. The molecular weight excluding hydrogens is 390 g/mol. The van der Waals surface area contributed by atoms with Crippen molar-refractivity contribution in [2.45, 2.75) is 38.8 Å². The van der Waals surface area contributed by atoms with Gasteiger partial charge in [-0.3, -0.25) is 4.79 Å². The predicted octanol–water partition coefficient (Wildman–Crippen LogP) is 0.397. The Hall–Kier alpha value is -2.57. The van der Waals surface area contributed by atoms with Gasteiger partial charge in [0.2, 0.25) is 6.79 Å². The average molecular weight is 426 g/mol. The number of ether oxygens (including phenoxy) is 2. The lowest BCUT2D eigenvalue weighted by atomic mass is 9.96. The standard InChI is InChI=1S/C25H33N3O3/c1-3-21(22-7-5-4-6-8-22)16-26-25(29)19(2)28-13-11-27(12-14-28)17-20-9-10-23-24(15-20)31-18-30-23/h4-10,15,19,21H,3,11-14,16-18H2,1-2H3,(H,26,29)/p+2/t19-,21-/m1/s1. The van der Waals surface area contributed by atoms with Crippen molar-refractivity contribution in [1.29, 1.82) is 0 Å². The predicted molar refractivity (Wildman–Crippen MR) is 120 cm³/mol. The van der Waals surface area contributed by atoms with Crippen LogP contribution in [0.3, 0.4) is 0 Å². The van der Waals surface area contributed by atoms with Gasteiger partial charge < -0.3 is 24.6 Å². The number of benzene rings is 2. The molecular formula is C25H35N3O3+2. The molecule has 166 valence electrons. The Bertz CT molecular complexity index is 866. The second kappa shape index (κ2) is 10.2. The first-order chi connectivity index (χ1) is 15.1. The number of carbonyl (C=O) groups is 1. The Balaban J connectivity index is 1.23. The van der Waals surface area contributed by atoms with Crippen LogP contribution in [0.5, 0.6) is 11.5 Å². The second-order valence-corrected chi connectivity index (χ2v) is 8.76. The van der Waals surface area contributed by atoms with Crippen molar-refractivity contribution in [2.75, 3.05) is 39.5 Å². The van der Waals surface area contributed by atoms with Crippen molar-refractivity contribution in [3.8, 4) is 11.5 Å². The highest BCUT2D eigenvalue weighted by Crippen LogP contribution is 2.32. The monoisotopic (exact) mass is 425 g/mol. The molecule has 0 unspecified atom stereocenters. The molecule has 2 heterocycles. The minimum Gasteiger partial charge on any atom is -0.454 e. The zero-order valence-electron chi connectivity index (χ0n) is 18.7. The van der Waals surface area contributed by atoms with Gasteiger partial charge in [-0.1, -0.05) is 37.3 Å². The Morgan fingerprint density at radius 2 is 1.77 bits per heavy atom. The molecule has 1 saturated heterocycles. The molecule has 31 heavy (non-hydrogen) atoms. The lowest BCUT2D eigenvalue weighted by Gasteiger charge is -2.33. The largest absolute Gasteiger partial charge is 0.454 e. The van der Waals surface area contributed by atoms with E-state index in [4.69, 9.17) is 9.47 Å². The van der Waals surface area contributed by atoms with E-state index < -0.39 is 0 Å². The molecule has 0 aliphatic carbocycles. The first-order valence-electron chi connectivity index (χ1n) is 11.5. The number of piperazine rings is 1. The van der Waals surface area contributed by atoms with Crippen LogP contribution in [0.1, 0.15) is 37.3 Å². The molecule has 0 saturated carbocycles. The lowest BCUT2D eigenvalue weighted by Crippen LogP contribution is -3.29. The lowest BCUT2D eigenvalue weighted by molar-refractivity contribution is -1.02. The summed E-state index contributed by atoms with van der Waals surface area (Å²) in [5.74, 6) is 2.23. The fraction of sp³-hybridized carbons (Fsp3) is 0.480. The number of nitrogens with one attached hydrogen (secondary N) is 3. The number of hydrogen-bond donors (Lipinski definition) is 3. The molecule has 6 heteroatoms. The number of amides is 1. The van der Waals surface area contributed by atoms with Crippen molar-refractivity contribution in [3.05, 3.63) is 59.7 Å². The molecule has 2 aromatic carbocycles. The summed E-state index contributed by atoms with van der Waals surface area (Å²) in [5.41, 5.74) is 2.58. The molecule has 2 atom stereocenters. The second-order valence-electron chi connectivity index (χ2n) is 8.76. The van der Waals surface area contributed by atoms with Crippen LogP contribution in [0.25, 0.3) is 0 Å². The van der Waals surface area contributed by atoms with Crippen LogP contribution in [0.15, 0.2) is 48.5 Å². The van der Waals surface area contributed by atoms with Crippen molar-refractivity contribution >= 4 is 5.91 Å². The minimum atomic E-state index is -0.0135. The molecule has 2 aliphatic rings. The molecule has 0 spiro atoms. The summed E-state index contributed by atoms with van der Waals surface area (Å²) in [5, 5.41) is 3.21. The topological polar surface area (TPSA) is 56.4 Å². The molecule has 2 aromatic rings. The average Bonchev–Trinajstić information content (AvgIpc) is 3.28. The van der Waals surface area contributed by atoms with Gasteiger partial charge in [0.1, 0.15) is 32.7 Å². The molecule has 0 aromatic heterocycles. The summed E-state index contributed by atoms with van der Waals surface area (Å²) >= 11 is 0. The van der Waals surface area contributed by atoms with Gasteiger partial charge in [-0.15, -0.1) is 0 Å². The summed E-state index contributed by atoms with van der Waals surface area (Å²) < 4.78 is 10.9. The van der Waals surface area contributed by atoms with E-state index in [1.807, 2.05) is 12.1 Å². The highest BCUT2D eigenvalue weighted by molar-refractivity contribution is 5.80. The van der Waals surface area contributed by atoms with E-state index in [2.05, 4.69) is 55.6 Å². The van der Waals surface area contributed by atoms with E-state index in [0.29, 0.717) is 19.3 Å². The van der Waals surface area contributed by atoms with E-state index in [9.17, 15) is 4.79 Å². The van der Waals surface area contributed by atoms with E-state index in [0.717, 1.165) is 50.6 Å². The number of hydrogen-bond acceptors (Lipinski definition) is 3. The fourth-order valence-corrected chi connectivity index (χ4v) is 4.66. The Morgan fingerprint density at radius 3 is 2.52 bits per heavy atom. The molecule has 2 aliphatic heterocycles. The summed E-state index contributed by atoms with van der Waals surface area (Å²) in [6.45, 7) is 10.4. The van der Waals surface area contributed by atoms with Crippen molar-refractivity contribution in [3.63, 3.8) is 0 Å². The summed E-state index contributed by atoms with van der Waals surface area (Å²) in [6.07, 6.45) is 1.02. The number of rotatable bonds is 8. The van der Waals surface area contributed by atoms with Crippen LogP contribution in [-0.2, 0) is 11.3 Å². The smallest absolute Gasteiger partial charge is 0.278 e. The van der Waals surface area contributed by atoms with E-state index in [-0.39, 0.29) is 11.9 Å². The maximum absolute atomic E-state index is 12.8. The molecule has 0 bridgehead atoms. The third-order valence-corrected chi connectivity index (χ3v) is 6.78. The van der Waals surface area contributed by atoms with Gasteiger partial charge in [0, 0.05) is 18.0 Å². The van der Waals surface area contributed by atoms with Crippen molar-refractivity contribution in [2.24, 2.45) is 0 Å². The number of carbonyl (C=O) groups excluding carboxylic acids is 1. The zero-order chi connectivity index (χ0) is 21.6. The van der Waals surface area contributed by atoms with Crippen LogP contribution in [0.4, 0.5) is 0 Å². The minimum absolute atomic E-state index is 0.0135. The Labute approximate surface area is 185 Å². The normalized spacial score (nSPS) is 22.0. The molecule has 3 N–H and O–H groups in total. The number of quaternary nitrogens is 2. The van der Waals surface area contributed by atoms with Crippen molar-refractivity contribution < 1.29 is 24.1 Å². The highest BCUT2D eigenvalue weighted by Gasteiger charge is 2.31. The molecule has 4 rings (SSSR count). The summed E-state index contributed by atoms with van der Waals surface area (Å²) in [4.78, 5) is 15.8. The van der Waals surface area contributed by atoms with Gasteiger partial charge in [0.15, 0.2) is 17.5 Å². The Morgan fingerprint density at radius 1 is 1.03 bits per heavy atom. The molecule has 0 radical (unpaired) electrons. The molecule has 1 fully saturated rings. The van der Waals surface area contributed by atoms with E-state index in [1.54, 1.807) is 4.90 Å². The third kappa shape index (κ3) is 5.38. The van der Waals surface area contributed by atoms with Gasteiger partial charge in [-0.05, 0) is 37.1 Å². The first-order valence-corrected chi connectivity index (χ1v) is 11.5. The van der Waals surface area contributed by atoms with Gasteiger partial charge >= 0.3 is 0 Å². The quantitative estimate of drug-likeness (QED) is 0.574. The molecule has 1 amide bonds. The van der Waals surface area contributed by atoms with Crippen molar-refractivity contribution in [1.82, 2.24) is 5.32 Å².